The van der Waals surface area contributed by atoms with Crippen molar-refractivity contribution in [2.75, 3.05) is 14.2 Å². The number of likely N-dealkylation sites (N-methyl/N-ethyl adjacent to an activating group) is 1. The molecular weight excluding hydrogens is 470 g/mol. The van der Waals surface area contributed by atoms with E-state index in [4.69, 9.17) is 32.9 Å². The zero-order chi connectivity index (χ0) is 24.1. The highest BCUT2D eigenvalue weighted by Crippen LogP contribution is 2.40. The van der Waals surface area contributed by atoms with E-state index < -0.39 is 22.7 Å². The normalized spacial score (nSPS) is 12.5. The lowest BCUT2D eigenvalue weighted by Crippen LogP contribution is -2.29. The Hall–Kier alpha value is -2.78. The minimum Gasteiger partial charge on any atom is -0.398 e. The minimum atomic E-state index is -4.74. The second kappa shape index (κ2) is 10.7. The summed E-state index contributed by atoms with van der Waals surface area (Å²) in [6.45, 7) is 3.01. The van der Waals surface area contributed by atoms with E-state index in [-0.39, 0.29) is 28.6 Å². The molecule has 0 unspecified atom stereocenters. The van der Waals surface area contributed by atoms with Crippen LogP contribution in [0.4, 0.5) is 13.2 Å². The number of carbonyl (C=O) groups excluding carboxylic acids is 1. The van der Waals surface area contributed by atoms with Gasteiger partial charge in [-0.2, -0.15) is 13.2 Å². The van der Waals surface area contributed by atoms with E-state index in [1.54, 1.807) is 25.1 Å². The van der Waals surface area contributed by atoms with Crippen LogP contribution in [-0.2, 0) is 27.3 Å². The molecule has 1 amide bonds. The first-order chi connectivity index (χ1) is 15.0. The van der Waals surface area contributed by atoms with Crippen LogP contribution in [-0.4, -0.2) is 31.5 Å². The van der Waals surface area contributed by atoms with E-state index in [9.17, 15) is 18.0 Å². The summed E-state index contributed by atoms with van der Waals surface area (Å²) >= 11 is 11.5. The summed E-state index contributed by atoms with van der Waals surface area (Å²) in [6, 6.07) is 7.59. The largest absolute Gasteiger partial charge is 0.418 e. The van der Waals surface area contributed by atoms with Gasteiger partial charge in [0.1, 0.15) is 13.7 Å². The number of aryl methyl sites for hydroxylation is 1. The van der Waals surface area contributed by atoms with Crippen molar-refractivity contribution in [1.29, 1.82) is 0 Å². The van der Waals surface area contributed by atoms with Crippen LogP contribution in [0.5, 0.6) is 0 Å². The van der Waals surface area contributed by atoms with Gasteiger partial charge < -0.3 is 15.0 Å². The number of oxime groups is 2. The fourth-order valence-electron chi connectivity index (χ4n) is 2.91. The summed E-state index contributed by atoms with van der Waals surface area (Å²) in [5.74, 6) is -0.482. The second-order valence-corrected chi connectivity index (χ2v) is 7.32. The van der Waals surface area contributed by atoms with Crippen molar-refractivity contribution < 1.29 is 27.6 Å². The topological polar surface area (TPSA) is 72.3 Å². The Morgan fingerprint density at radius 3 is 2.41 bits per heavy atom. The SMILES string of the molecule is CNC(=O)/C(=N/OC)c1cccc(C)c1CO/N=C(\C)c1ccc(Cl)c(Cl)c1C(F)(F)F. The van der Waals surface area contributed by atoms with E-state index in [2.05, 4.69) is 15.6 Å². The predicted octanol–water partition coefficient (Wildman–Crippen LogP) is 5.36. The number of carbonyl (C=O) groups is 1. The maximum atomic E-state index is 13.5. The Kier molecular flexibility index (Phi) is 8.51. The van der Waals surface area contributed by atoms with Crippen LogP contribution in [0.2, 0.25) is 10.0 Å². The van der Waals surface area contributed by atoms with Crippen molar-refractivity contribution >= 4 is 40.5 Å². The van der Waals surface area contributed by atoms with E-state index in [1.165, 1.54) is 33.2 Å². The van der Waals surface area contributed by atoms with Crippen LogP contribution < -0.4 is 5.32 Å². The molecule has 0 aliphatic carbocycles. The smallest absolute Gasteiger partial charge is 0.398 e. The quantitative estimate of drug-likeness (QED) is 0.420. The van der Waals surface area contributed by atoms with Gasteiger partial charge in [-0.1, -0.05) is 57.8 Å². The fraction of sp³-hybridized carbons (Fsp3) is 0.286. The third kappa shape index (κ3) is 5.72. The monoisotopic (exact) mass is 489 g/mol. The Labute approximate surface area is 193 Å². The molecule has 0 radical (unpaired) electrons. The molecule has 32 heavy (non-hydrogen) atoms. The number of nitrogens with one attached hydrogen (secondary N) is 1. The van der Waals surface area contributed by atoms with Crippen LogP contribution in [0.25, 0.3) is 0 Å². The van der Waals surface area contributed by atoms with Crippen molar-refractivity contribution in [3.63, 3.8) is 0 Å². The van der Waals surface area contributed by atoms with Gasteiger partial charge in [0.05, 0.1) is 21.3 Å². The lowest BCUT2D eigenvalue weighted by atomic mass is 9.98. The molecule has 172 valence electrons. The van der Waals surface area contributed by atoms with E-state index in [0.717, 1.165) is 5.56 Å². The molecule has 0 fully saturated rings. The van der Waals surface area contributed by atoms with Crippen LogP contribution in [0, 0.1) is 6.92 Å². The standard InChI is InChI=1S/C21H20Cl2F3N3O3/c1-11-6-5-7-14(19(29-31-4)20(30)27-3)15(11)10-32-28-12(2)13-8-9-16(22)18(23)17(13)21(24,25)26/h5-9H,10H2,1-4H3,(H,27,30)/b28-12+,29-19+. The van der Waals surface area contributed by atoms with Crippen LogP contribution in [0.1, 0.15) is 34.7 Å². The lowest BCUT2D eigenvalue weighted by molar-refractivity contribution is -0.137. The summed E-state index contributed by atoms with van der Waals surface area (Å²) in [6.07, 6.45) is -4.74. The van der Waals surface area contributed by atoms with Crippen molar-refractivity contribution in [2.24, 2.45) is 10.3 Å². The molecule has 1 N–H and O–H groups in total. The molecule has 6 nitrogen and oxygen atoms in total. The molecule has 2 aromatic carbocycles. The first-order valence-electron chi connectivity index (χ1n) is 9.17. The molecule has 0 atom stereocenters. The van der Waals surface area contributed by atoms with Crippen molar-refractivity contribution in [3.8, 4) is 0 Å². The average molecular weight is 490 g/mol. The van der Waals surface area contributed by atoms with E-state index in [1.807, 2.05) is 0 Å². The summed E-state index contributed by atoms with van der Waals surface area (Å²) in [7, 11) is 2.75. The molecular formula is C21H20Cl2F3N3O3. The summed E-state index contributed by atoms with van der Waals surface area (Å²) in [4.78, 5) is 22.3. The van der Waals surface area contributed by atoms with Crippen molar-refractivity contribution in [3.05, 3.63) is 68.2 Å². The Morgan fingerprint density at radius 2 is 1.81 bits per heavy atom. The van der Waals surface area contributed by atoms with Crippen LogP contribution in [0.15, 0.2) is 40.6 Å². The Morgan fingerprint density at radius 1 is 1.12 bits per heavy atom. The number of alkyl halides is 3. The molecule has 0 saturated heterocycles. The second-order valence-electron chi connectivity index (χ2n) is 6.53. The third-order valence-corrected chi connectivity index (χ3v) is 5.27. The zero-order valence-electron chi connectivity index (χ0n) is 17.6. The van der Waals surface area contributed by atoms with Crippen molar-refractivity contribution in [2.45, 2.75) is 26.6 Å². The molecule has 0 spiro atoms. The average Bonchev–Trinajstić information content (AvgIpc) is 2.73. The van der Waals surface area contributed by atoms with E-state index in [0.29, 0.717) is 11.1 Å². The van der Waals surface area contributed by atoms with Crippen molar-refractivity contribution in [1.82, 2.24) is 5.32 Å². The number of benzene rings is 2. The first kappa shape index (κ1) is 25.5. The lowest BCUT2D eigenvalue weighted by Gasteiger charge is -2.16. The van der Waals surface area contributed by atoms with Crippen LogP contribution in [0.3, 0.4) is 0 Å². The maximum absolute atomic E-state index is 13.5. The molecule has 0 aliphatic heterocycles. The summed E-state index contributed by atoms with van der Waals surface area (Å²) in [5.41, 5.74) is 0.364. The molecule has 2 aromatic rings. The number of hydrogen-bond acceptors (Lipinski definition) is 5. The van der Waals surface area contributed by atoms with Gasteiger partial charge in [-0.15, -0.1) is 0 Å². The Balaban J connectivity index is 2.40. The molecule has 2 rings (SSSR count). The van der Waals surface area contributed by atoms with Gasteiger partial charge in [0.15, 0.2) is 5.71 Å². The molecule has 11 heteroatoms. The maximum Gasteiger partial charge on any atom is 0.418 e. The summed E-state index contributed by atoms with van der Waals surface area (Å²) in [5, 5.41) is 9.24. The van der Waals surface area contributed by atoms with Gasteiger partial charge in [0.2, 0.25) is 0 Å². The number of amides is 1. The van der Waals surface area contributed by atoms with Gasteiger partial charge in [-0.05, 0) is 25.5 Å². The van der Waals surface area contributed by atoms with Gasteiger partial charge in [-0.3, -0.25) is 4.79 Å². The number of hydrogen-bond donors (Lipinski definition) is 1. The molecule has 0 aliphatic rings. The molecule has 0 bridgehead atoms. The van der Waals surface area contributed by atoms with Gasteiger partial charge in [-0.25, -0.2) is 0 Å². The highest BCUT2D eigenvalue weighted by molar-refractivity contribution is 6.45. The van der Waals surface area contributed by atoms with Gasteiger partial charge in [0.25, 0.3) is 5.91 Å². The van der Waals surface area contributed by atoms with Gasteiger partial charge in [0, 0.05) is 23.7 Å². The fourth-order valence-corrected chi connectivity index (χ4v) is 3.34. The third-order valence-electron chi connectivity index (χ3n) is 4.47. The number of rotatable bonds is 7. The highest BCUT2D eigenvalue weighted by Gasteiger charge is 2.37. The zero-order valence-corrected chi connectivity index (χ0v) is 19.1. The summed E-state index contributed by atoms with van der Waals surface area (Å²) < 4.78 is 40.5. The Bertz CT molecular complexity index is 1070. The predicted molar refractivity (Wildman–Crippen MR) is 117 cm³/mol. The number of halogens is 5. The van der Waals surface area contributed by atoms with E-state index >= 15 is 0 Å². The first-order valence-corrected chi connectivity index (χ1v) is 9.92. The minimum absolute atomic E-state index is 0.0156. The molecule has 0 heterocycles. The van der Waals surface area contributed by atoms with Gasteiger partial charge >= 0.3 is 6.18 Å². The molecule has 0 saturated carbocycles. The number of nitrogens with zero attached hydrogens (tertiary/aromatic N) is 2. The highest BCUT2D eigenvalue weighted by atomic mass is 35.5. The van der Waals surface area contributed by atoms with Crippen LogP contribution >= 0.6 is 23.2 Å². The molecule has 0 aromatic heterocycles.